The van der Waals surface area contributed by atoms with E-state index in [4.69, 9.17) is 16.3 Å². The summed E-state index contributed by atoms with van der Waals surface area (Å²) in [5.74, 6) is 0.378. The second-order valence-corrected chi connectivity index (χ2v) is 6.36. The van der Waals surface area contributed by atoms with Gasteiger partial charge in [0.25, 0.3) is 0 Å². The van der Waals surface area contributed by atoms with Crippen LogP contribution in [-0.4, -0.2) is 22.5 Å². The molecule has 0 amide bonds. The third kappa shape index (κ3) is 3.37. The summed E-state index contributed by atoms with van der Waals surface area (Å²) < 4.78 is 4.95. The van der Waals surface area contributed by atoms with Gasteiger partial charge in [-0.05, 0) is 37.5 Å². The number of rotatable bonds is 5. The number of carbonyl (C=O) groups excluding carboxylic acids is 1. The molecule has 1 aliphatic carbocycles. The van der Waals surface area contributed by atoms with Crippen molar-refractivity contribution in [1.29, 1.82) is 0 Å². The highest BCUT2D eigenvalue weighted by Gasteiger charge is 2.39. The van der Waals surface area contributed by atoms with E-state index in [2.05, 4.69) is 22.1 Å². The minimum Gasteiger partial charge on any atom is -0.462 e. The fraction of sp³-hybridized carbons (Fsp3) is 0.389. The lowest BCUT2D eigenvalue weighted by atomic mass is 9.62. The maximum Gasteiger partial charge on any atom is 0.341 e. The van der Waals surface area contributed by atoms with Crippen molar-refractivity contribution in [3.8, 4) is 0 Å². The highest BCUT2D eigenvalue weighted by Crippen LogP contribution is 2.45. The van der Waals surface area contributed by atoms with Gasteiger partial charge in [0, 0.05) is 29.3 Å². The van der Waals surface area contributed by atoms with Gasteiger partial charge in [-0.2, -0.15) is 0 Å². The molecule has 5 heteroatoms. The zero-order valence-electron chi connectivity index (χ0n) is 13.1. The molecule has 23 heavy (non-hydrogen) atoms. The lowest BCUT2D eigenvalue weighted by molar-refractivity contribution is 0.0525. The minimum absolute atomic E-state index is 0.0933. The number of aromatic nitrogens is 2. The number of benzene rings is 1. The van der Waals surface area contributed by atoms with Crippen LogP contribution in [0.2, 0.25) is 5.02 Å². The molecule has 3 rings (SSSR count). The SMILES string of the molecule is CCOC(=O)c1cnc(CC2(c3ccc(Cl)cc3)CCC2)nc1. The molecule has 0 atom stereocenters. The Morgan fingerprint density at radius 3 is 2.39 bits per heavy atom. The van der Waals surface area contributed by atoms with Gasteiger partial charge in [-0.3, -0.25) is 0 Å². The summed E-state index contributed by atoms with van der Waals surface area (Å²) in [6.07, 6.45) is 7.33. The molecule has 0 unspecified atom stereocenters. The van der Waals surface area contributed by atoms with Crippen LogP contribution in [-0.2, 0) is 16.6 Å². The largest absolute Gasteiger partial charge is 0.462 e. The van der Waals surface area contributed by atoms with Gasteiger partial charge in [0.15, 0.2) is 0 Å². The Bertz CT molecular complexity index is 679. The fourth-order valence-electron chi connectivity index (χ4n) is 3.04. The summed E-state index contributed by atoms with van der Waals surface area (Å²) in [6.45, 7) is 2.12. The zero-order chi connectivity index (χ0) is 16.3. The number of esters is 1. The Balaban J connectivity index is 1.77. The van der Waals surface area contributed by atoms with Crippen LogP contribution in [0.4, 0.5) is 0 Å². The smallest absolute Gasteiger partial charge is 0.341 e. The molecule has 1 aromatic heterocycles. The summed E-state index contributed by atoms with van der Waals surface area (Å²) in [7, 11) is 0. The quantitative estimate of drug-likeness (QED) is 0.778. The van der Waals surface area contributed by atoms with E-state index < -0.39 is 0 Å². The van der Waals surface area contributed by atoms with Crippen LogP contribution in [0.3, 0.4) is 0 Å². The highest BCUT2D eigenvalue weighted by atomic mass is 35.5. The first-order valence-electron chi connectivity index (χ1n) is 7.87. The number of ether oxygens (including phenoxy) is 1. The first-order chi connectivity index (χ1) is 11.1. The Morgan fingerprint density at radius 1 is 1.22 bits per heavy atom. The van der Waals surface area contributed by atoms with E-state index in [-0.39, 0.29) is 11.4 Å². The van der Waals surface area contributed by atoms with Crippen LogP contribution in [0.1, 0.15) is 47.9 Å². The number of hydrogen-bond acceptors (Lipinski definition) is 4. The molecule has 0 aliphatic heterocycles. The number of nitrogens with zero attached hydrogens (tertiary/aromatic N) is 2. The number of carbonyl (C=O) groups is 1. The van der Waals surface area contributed by atoms with E-state index in [1.807, 2.05) is 12.1 Å². The average Bonchev–Trinajstić information content (AvgIpc) is 2.53. The van der Waals surface area contributed by atoms with Crippen molar-refractivity contribution in [3.63, 3.8) is 0 Å². The summed E-state index contributed by atoms with van der Waals surface area (Å²) in [4.78, 5) is 20.4. The molecule has 0 saturated heterocycles. The molecule has 0 radical (unpaired) electrons. The van der Waals surface area contributed by atoms with Crippen LogP contribution in [0.15, 0.2) is 36.7 Å². The lowest BCUT2D eigenvalue weighted by Crippen LogP contribution is -2.37. The van der Waals surface area contributed by atoms with Gasteiger partial charge in [-0.25, -0.2) is 14.8 Å². The second kappa shape index (κ2) is 6.67. The summed E-state index contributed by atoms with van der Waals surface area (Å²) in [6, 6.07) is 8.05. The molecule has 1 fully saturated rings. The van der Waals surface area contributed by atoms with Crippen LogP contribution in [0.25, 0.3) is 0 Å². The molecule has 1 heterocycles. The second-order valence-electron chi connectivity index (χ2n) is 5.93. The van der Waals surface area contributed by atoms with Gasteiger partial charge in [-0.1, -0.05) is 30.2 Å². The normalized spacial score (nSPS) is 15.7. The van der Waals surface area contributed by atoms with Gasteiger partial charge < -0.3 is 4.74 Å². The molecule has 1 saturated carbocycles. The Morgan fingerprint density at radius 2 is 1.87 bits per heavy atom. The van der Waals surface area contributed by atoms with E-state index in [0.717, 1.165) is 30.1 Å². The van der Waals surface area contributed by atoms with Crippen molar-refractivity contribution in [2.45, 2.75) is 38.0 Å². The van der Waals surface area contributed by atoms with Crippen molar-refractivity contribution in [2.75, 3.05) is 6.61 Å². The molecule has 4 nitrogen and oxygen atoms in total. The molecule has 2 aromatic rings. The van der Waals surface area contributed by atoms with Gasteiger partial charge in [0.05, 0.1) is 12.2 Å². The van der Waals surface area contributed by atoms with Crippen molar-refractivity contribution in [3.05, 3.63) is 58.6 Å². The number of hydrogen-bond donors (Lipinski definition) is 0. The van der Waals surface area contributed by atoms with Crippen LogP contribution in [0.5, 0.6) is 0 Å². The Hall–Kier alpha value is -1.94. The first-order valence-corrected chi connectivity index (χ1v) is 8.25. The third-order valence-electron chi connectivity index (χ3n) is 4.48. The number of halogens is 1. The molecule has 1 aromatic carbocycles. The highest BCUT2D eigenvalue weighted by molar-refractivity contribution is 6.30. The monoisotopic (exact) mass is 330 g/mol. The van der Waals surface area contributed by atoms with Crippen LogP contribution < -0.4 is 0 Å². The van der Waals surface area contributed by atoms with Gasteiger partial charge in [0.1, 0.15) is 5.82 Å². The average molecular weight is 331 g/mol. The van der Waals surface area contributed by atoms with Crippen LogP contribution in [0, 0.1) is 0 Å². The van der Waals surface area contributed by atoms with Crippen molar-refractivity contribution >= 4 is 17.6 Å². The minimum atomic E-state index is -0.380. The van der Waals surface area contributed by atoms with E-state index in [1.165, 1.54) is 12.0 Å². The van der Waals surface area contributed by atoms with Gasteiger partial charge >= 0.3 is 5.97 Å². The molecular formula is C18H19ClN2O2. The predicted octanol–water partition coefficient (Wildman–Crippen LogP) is 3.97. The van der Waals surface area contributed by atoms with E-state index >= 15 is 0 Å². The standard InChI is InChI=1S/C18H19ClN2O2/c1-2-23-17(22)13-11-20-16(21-12-13)10-18(8-3-9-18)14-4-6-15(19)7-5-14/h4-7,11-12H,2-3,8-10H2,1H3. The lowest BCUT2D eigenvalue weighted by Gasteiger charge is -2.42. The van der Waals surface area contributed by atoms with Crippen LogP contribution >= 0.6 is 11.6 Å². The molecule has 0 spiro atoms. The van der Waals surface area contributed by atoms with E-state index in [9.17, 15) is 4.79 Å². The Kier molecular flexibility index (Phi) is 4.62. The molecule has 120 valence electrons. The molecule has 0 N–H and O–H groups in total. The topological polar surface area (TPSA) is 52.1 Å². The van der Waals surface area contributed by atoms with Gasteiger partial charge in [0.2, 0.25) is 0 Å². The fourth-order valence-corrected chi connectivity index (χ4v) is 3.17. The molecule has 0 bridgehead atoms. The zero-order valence-corrected chi connectivity index (χ0v) is 13.8. The summed E-state index contributed by atoms with van der Waals surface area (Å²) in [5.41, 5.74) is 1.77. The molecule has 1 aliphatic rings. The van der Waals surface area contributed by atoms with Crippen molar-refractivity contribution in [2.24, 2.45) is 0 Å². The third-order valence-corrected chi connectivity index (χ3v) is 4.73. The van der Waals surface area contributed by atoms with E-state index in [0.29, 0.717) is 12.2 Å². The maximum atomic E-state index is 11.6. The maximum absolute atomic E-state index is 11.6. The molecular weight excluding hydrogens is 312 g/mol. The summed E-state index contributed by atoms with van der Waals surface area (Å²) in [5, 5.41) is 0.748. The van der Waals surface area contributed by atoms with E-state index in [1.54, 1.807) is 19.3 Å². The first kappa shape index (κ1) is 15.9. The Labute approximate surface area is 140 Å². The van der Waals surface area contributed by atoms with Crippen molar-refractivity contribution in [1.82, 2.24) is 9.97 Å². The van der Waals surface area contributed by atoms with Gasteiger partial charge in [-0.15, -0.1) is 0 Å². The van der Waals surface area contributed by atoms with Crippen molar-refractivity contribution < 1.29 is 9.53 Å². The predicted molar refractivity (Wildman–Crippen MR) is 88.7 cm³/mol. The summed E-state index contributed by atoms with van der Waals surface area (Å²) >= 11 is 5.99.